The number of fused-ring (bicyclic) bond motifs is 10. The van der Waals surface area contributed by atoms with Gasteiger partial charge in [0, 0.05) is 22.2 Å². The molecule has 0 aliphatic carbocycles. The van der Waals surface area contributed by atoms with Crippen molar-refractivity contribution in [2.45, 2.75) is 90.9 Å². The van der Waals surface area contributed by atoms with Gasteiger partial charge in [0.2, 0.25) is 0 Å². The summed E-state index contributed by atoms with van der Waals surface area (Å²) in [6.45, 7) is 22.6. The molecule has 2 aromatic carbocycles. The number of rotatable bonds is 0. The van der Waals surface area contributed by atoms with E-state index in [1.54, 1.807) is 0 Å². The van der Waals surface area contributed by atoms with E-state index in [1.807, 2.05) is 0 Å². The second kappa shape index (κ2) is 9.81. The first kappa shape index (κ1) is 29.4. The van der Waals surface area contributed by atoms with Crippen molar-refractivity contribution in [1.82, 2.24) is 9.97 Å². The molecule has 204 valence electrons. The second-order valence-corrected chi connectivity index (χ2v) is 14.0. The maximum atomic E-state index is 5.26. The summed E-state index contributed by atoms with van der Waals surface area (Å²) in [4.78, 5) is 10.5. The molecule has 0 amide bonds. The van der Waals surface area contributed by atoms with E-state index in [0.29, 0.717) is 0 Å². The van der Waals surface area contributed by atoms with Crippen LogP contribution in [-0.2, 0) is 42.7 Å². The monoisotopic (exact) mass is 695 g/mol. The number of benzene rings is 2. The minimum atomic E-state index is -0.350. The molecule has 0 saturated carbocycles. The molecule has 0 fully saturated rings. The van der Waals surface area contributed by atoms with Gasteiger partial charge in [-0.1, -0.05) is 93.5 Å². The Balaban J connectivity index is 0.00000353. The molecule has 0 atom stereocenters. The standard InChI is InChI=1S/C36H40N2.Pt/c1-33(2,3)25-17-23-19-27(21-25)35(7,8)31-15-12-14-30(38-31)24-18-26(34(4,5)6)22-28(20-24)36(9,10)32-16-11-13-29(23)37-32;/h11-18,21-22H,1-10H3;/q-2;+2. The Morgan fingerprint density at radius 2 is 0.923 bits per heavy atom. The van der Waals surface area contributed by atoms with Gasteiger partial charge in [0.25, 0.3) is 0 Å². The zero-order valence-electron chi connectivity index (χ0n) is 25.0. The van der Waals surface area contributed by atoms with Crippen LogP contribution in [0.1, 0.15) is 103 Å². The van der Waals surface area contributed by atoms with Gasteiger partial charge in [-0.15, -0.1) is 69.8 Å². The zero-order valence-corrected chi connectivity index (χ0v) is 27.3. The Kier molecular flexibility index (Phi) is 7.40. The molecule has 0 unspecified atom stereocenters. The Labute approximate surface area is 250 Å². The fraction of sp³-hybridized carbons (Fsp3) is 0.389. The molecule has 0 radical (unpaired) electrons. The predicted molar refractivity (Wildman–Crippen MR) is 159 cm³/mol. The van der Waals surface area contributed by atoms with Crippen molar-refractivity contribution in [3.05, 3.63) is 106 Å². The van der Waals surface area contributed by atoms with E-state index in [4.69, 9.17) is 9.97 Å². The molecule has 0 spiro atoms. The van der Waals surface area contributed by atoms with E-state index in [2.05, 4.69) is 142 Å². The van der Waals surface area contributed by atoms with Crippen LogP contribution in [0.5, 0.6) is 0 Å². The molecular formula is C36H40N2Pt. The van der Waals surface area contributed by atoms with Gasteiger partial charge in [0.15, 0.2) is 0 Å². The van der Waals surface area contributed by atoms with Gasteiger partial charge in [-0.3, -0.25) is 0 Å². The summed E-state index contributed by atoms with van der Waals surface area (Å²) < 4.78 is 0. The third-order valence-electron chi connectivity index (χ3n) is 8.15. The molecule has 5 rings (SSSR count). The van der Waals surface area contributed by atoms with Crippen molar-refractivity contribution in [3.63, 3.8) is 0 Å². The number of pyridine rings is 2. The Bertz CT molecular complexity index is 1410. The smallest absolute Gasteiger partial charge is 0.300 e. The first-order valence-corrected chi connectivity index (χ1v) is 13.7. The maximum absolute atomic E-state index is 5.26. The van der Waals surface area contributed by atoms with E-state index < -0.39 is 0 Å². The van der Waals surface area contributed by atoms with Crippen LogP contribution in [0.4, 0.5) is 0 Å². The average Bonchev–Trinajstić information content (AvgIpc) is 2.87. The van der Waals surface area contributed by atoms with E-state index in [-0.39, 0.29) is 42.7 Å². The summed E-state index contributed by atoms with van der Waals surface area (Å²) in [5.74, 6) is 0. The fourth-order valence-corrected chi connectivity index (χ4v) is 5.10. The molecule has 8 bridgehead atoms. The van der Waals surface area contributed by atoms with Gasteiger partial charge in [-0.2, -0.15) is 0 Å². The third-order valence-corrected chi connectivity index (χ3v) is 8.15. The molecule has 2 aromatic heterocycles. The summed E-state index contributed by atoms with van der Waals surface area (Å²) in [6.07, 6.45) is 0. The second-order valence-electron chi connectivity index (χ2n) is 14.0. The molecule has 2 nitrogen and oxygen atoms in total. The first-order valence-electron chi connectivity index (χ1n) is 13.7. The largest absolute Gasteiger partial charge is 2.00 e. The normalized spacial score (nSPS) is 15.6. The van der Waals surface area contributed by atoms with Gasteiger partial charge in [-0.25, -0.2) is 0 Å². The molecule has 1 aliphatic rings. The molecular weight excluding hydrogens is 655 g/mol. The van der Waals surface area contributed by atoms with Gasteiger partial charge in [-0.05, 0) is 34.4 Å². The summed E-state index contributed by atoms with van der Waals surface area (Å²) in [6, 6.07) is 29.5. The number of hydrogen-bond donors (Lipinski definition) is 0. The number of aromatic nitrogens is 2. The van der Waals surface area contributed by atoms with Crippen molar-refractivity contribution in [2.75, 3.05) is 0 Å². The minimum absolute atomic E-state index is 0. The molecule has 4 aromatic rings. The van der Waals surface area contributed by atoms with Gasteiger partial charge in [0.05, 0.1) is 0 Å². The average molecular weight is 696 g/mol. The maximum Gasteiger partial charge on any atom is 2.00 e. The summed E-state index contributed by atoms with van der Waals surface area (Å²) in [7, 11) is 0. The Hall–Kier alpha value is -2.57. The Morgan fingerprint density at radius 1 is 0.564 bits per heavy atom. The first-order chi connectivity index (χ1) is 17.6. The molecule has 39 heavy (non-hydrogen) atoms. The van der Waals surface area contributed by atoms with Crippen LogP contribution in [0.3, 0.4) is 0 Å². The van der Waals surface area contributed by atoms with Crippen molar-refractivity contribution in [2.24, 2.45) is 0 Å². The number of hydrogen-bond acceptors (Lipinski definition) is 2. The van der Waals surface area contributed by atoms with E-state index >= 15 is 0 Å². The topological polar surface area (TPSA) is 25.8 Å². The van der Waals surface area contributed by atoms with E-state index in [9.17, 15) is 0 Å². The third kappa shape index (κ3) is 5.42. The fourth-order valence-electron chi connectivity index (χ4n) is 5.10. The molecule has 3 heteroatoms. The predicted octanol–water partition coefficient (Wildman–Crippen LogP) is 8.97. The molecule has 0 saturated heterocycles. The van der Waals surface area contributed by atoms with Crippen LogP contribution in [0.2, 0.25) is 0 Å². The van der Waals surface area contributed by atoms with Crippen molar-refractivity contribution in [3.8, 4) is 22.5 Å². The van der Waals surface area contributed by atoms with Crippen LogP contribution in [0, 0.1) is 12.1 Å². The molecule has 3 heterocycles. The summed E-state index contributed by atoms with van der Waals surface area (Å²) in [5, 5.41) is 0. The van der Waals surface area contributed by atoms with Crippen LogP contribution in [0.15, 0.2) is 60.7 Å². The van der Waals surface area contributed by atoms with Gasteiger partial charge < -0.3 is 9.97 Å². The van der Waals surface area contributed by atoms with E-state index in [1.165, 1.54) is 11.1 Å². The van der Waals surface area contributed by atoms with Crippen molar-refractivity contribution >= 4 is 0 Å². The quantitative estimate of drug-likeness (QED) is 0.172. The van der Waals surface area contributed by atoms with Crippen LogP contribution in [-0.4, -0.2) is 9.97 Å². The van der Waals surface area contributed by atoms with Crippen molar-refractivity contribution < 1.29 is 21.1 Å². The van der Waals surface area contributed by atoms with Crippen LogP contribution < -0.4 is 0 Å². The SMILES string of the molecule is CC(C)(C)c1cc2[c-]c(c1)C(C)(C)c1cccc(n1)-c1[c-]c(cc(C(C)(C)C)c1)C(C)(C)c1cccc-2n1.[Pt+2]. The van der Waals surface area contributed by atoms with Crippen LogP contribution >= 0.6 is 0 Å². The molecule has 0 N–H and O–H groups in total. The zero-order chi connectivity index (χ0) is 27.7. The van der Waals surface area contributed by atoms with Crippen molar-refractivity contribution in [1.29, 1.82) is 0 Å². The summed E-state index contributed by atoms with van der Waals surface area (Å²) in [5.41, 5.74) is 10.1. The summed E-state index contributed by atoms with van der Waals surface area (Å²) >= 11 is 0. The van der Waals surface area contributed by atoms with Crippen LogP contribution in [0.25, 0.3) is 22.5 Å². The van der Waals surface area contributed by atoms with E-state index in [0.717, 1.165) is 45.0 Å². The minimum Gasteiger partial charge on any atom is -0.300 e. The molecule has 1 aliphatic heterocycles. The Morgan fingerprint density at radius 3 is 1.26 bits per heavy atom. The van der Waals surface area contributed by atoms with Gasteiger partial charge in [0.1, 0.15) is 0 Å². The number of nitrogens with zero attached hydrogens (tertiary/aromatic N) is 2. The van der Waals surface area contributed by atoms with Gasteiger partial charge >= 0.3 is 21.1 Å².